The van der Waals surface area contributed by atoms with Gasteiger partial charge in [-0.05, 0) is 29.8 Å². The number of carbonyl (C=O) groups is 1. The molecule has 0 saturated heterocycles. The minimum absolute atomic E-state index is 0.0397. The molecule has 2 aromatic carbocycles. The zero-order valence-corrected chi connectivity index (χ0v) is 12.9. The van der Waals surface area contributed by atoms with Crippen molar-refractivity contribution >= 4 is 21.7 Å². The average molecular weight is 335 g/mol. The highest BCUT2D eigenvalue weighted by atomic mass is 79.9. The van der Waals surface area contributed by atoms with Gasteiger partial charge < -0.3 is 9.47 Å². The molecule has 104 valence electrons. The van der Waals surface area contributed by atoms with Gasteiger partial charge in [0.25, 0.3) is 0 Å². The molecule has 0 aliphatic heterocycles. The summed E-state index contributed by atoms with van der Waals surface area (Å²) in [6, 6.07) is 12.9. The summed E-state index contributed by atoms with van der Waals surface area (Å²) in [4.78, 5) is 12.3. The molecule has 0 heterocycles. The molecule has 0 saturated carbocycles. The summed E-state index contributed by atoms with van der Waals surface area (Å²) in [5, 5.41) is 0. The number of ketones is 1. The SMILES string of the molecule is COc1ccc(C(=O)Cc2ccccc2Br)cc1OC. The number of halogens is 1. The van der Waals surface area contributed by atoms with Gasteiger partial charge >= 0.3 is 0 Å². The van der Waals surface area contributed by atoms with Gasteiger partial charge in [0.2, 0.25) is 0 Å². The lowest BCUT2D eigenvalue weighted by Gasteiger charge is -2.09. The van der Waals surface area contributed by atoms with E-state index < -0.39 is 0 Å². The maximum absolute atomic E-state index is 12.3. The van der Waals surface area contributed by atoms with Gasteiger partial charge in [-0.15, -0.1) is 0 Å². The predicted octanol–water partition coefficient (Wildman–Crippen LogP) is 3.89. The first kappa shape index (κ1) is 14.6. The standard InChI is InChI=1S/C16H15BrO3/c1-19-15-8-7-12(10-16(15)20-2)14(18)9-11-5-3-4-6-13(11)17/h3-8,10H,9H2,1-2H3. The van der Waals surface area contributed by atoms with E-state index in [1.807, 2.05) is 24.3 Å². The molecule has 0 amide bonds. The first-order valence-electron chi connectivity index (χ1n) is 6.14. The summed E-state index contributed by atoms with van der Waals surface area (Å²) in [6.45, 7) is 0. The Balaban J connectivity index is 2.24. The molecule has 0 aliphatic carbocycles. The lowest BCUT2D eigenvalue weighted by molar-refractivity contribution is 0.0992. The smallest absolute Gasteiger partial charge is 0.167 e. The van der Waals surface area contributed by atoms with E-state index in [1.165, 1.54) is 0 Å². The highest BCUT2D eigenvalue weighted by Gasteiger charge is 2.12. The third kappa shape index (κ3) is 3.20. The van der Waals surface area contributed by atoms with Crippen molar-refractivity contribution in [2.24, 2.45) is 0 Å². The van der Waals surface area contributed by atoms with Crippen LogP contribution in [-0.4, -0.2) is 20.0 Å². The number of hydrogen-bond donors (Lipinski definition) is 0. The Hall–Kier alpha value is -1.81. The molecule has 0 radical (unpaired) electrons. The highest BCUT2D eigenvalue weighted by molar-refractivity contribution is 9.10. The van der Waals surface area contributed by atoms with Crippen LogP contribution in [0.3, 0.4) is 0 Å². The van der Waals surface area contributed by atoms with E-state index in [9.17, 15) is 4.79 Å². The van der Waals surface area contributed by atoms with E-state index in [4.69, 9.17) is 9.47 Å². The zero-order valence-electron chi connectivity index (χ0n) is 11.4. The molecule has 3 nitrogen and oxygen atoms in total. The fraction of sp³-hybridized carbons (Fsp3) is 0.188. The summed E-state index contributed by atoms with van der Waals surface area (Å²) < 4.78 is 11.3. The van der Waals surface area contributed by atoms with Crippen LogP contribution in [0.1, 0.15) is 15.9 Å². The van der Waals surface area contributed by atoms with Crippen LogP contribution in [0.4, 0.5) is 0 Å². The summed E-state index contributed by atoms with van der Waals surface area (Å²) >= 11 is 3.45. The fourth-order valence-electron chi connectivity index (χ4n) is 1.93. The minimum Gasteiger partial charge on any atom is -0.493 e. The Morgan fingerprint density at radius 1 is 1.05 bits per heavy atom. The number of ether oxygens (including phenoxy) is 2. The zero-order chi connectivity index (χ0) is 14.5. The third-order valence-corrected chi connectivity index (χ3v) is 3.79. The first-order valence-corrected chi connectivity index (χ1v) is 6.93. The Kier molecular flexibility index (Phi) is 4.79. The molecule has 0 aliphatic rings. The van der Waals surface area contributed by atoms with Crippen LogP contribution in [0.5, 0.6) is 11.5 Å². The maximum Gasteiger partial charge on any atom is 0.167 e. The topological polar surface area (TPSA) is 35.5 Å². The summed E-state index contributed by atoms with van der Waals surface area (Å²) in [6.07, 6.45) is 0.344. The van der Waals surface area contributed by atoms with Gasteiger partial charge in [0.05, 0.1) is 14.2 Å². The van der Waals surface area contributed by atoms with Crippen molar-refractivity contribution in [3.8, 4) is 11.5 Å². The number of carbonyl (C=O) groups excluding carboxylic acids is 1. The molecule has 4 heteroatoms. The van der Waals surface area contributed by atoms with E-state index in [1.54, 1.807) is 32.4 Å². The van der Waals surface area contributed by atoms with Gasteiger partial charge in [-0.3, -0.25) is 4.79 Å². The van der Waals surface area contributed by atoms with Gasteiger partial charge in [-0.1, -0.05) is 34.1 Å². The Morgan fingerprint density at radius 2 is 1.75 bits per heavy atom. The average Bonchev–Trinajstić information content (AvgIpc) is 2.48. The normalized spacial score (nSPS) is 10.2. The van der Waals surface area contributed by atoms with Crippen molar-refractivity contribution in [2.75, 3.05) is 14.2 Å². The monoisotopic (exact) mass is 334 g/mol. The van der Waals surface area contributed by atoms with E-state index in [-0.39, 0.29) is 5.78 Å². The Bertz CT molecular complexity index is 623. The van der Waals surface area contributed by atoms with Gasteiger partial charge in [0, 0.05) is 16.5 Å². The fourth-order valence-corrected chi connectivity index (χ4v) is 2.35. The largest absolute Gasteiger partial charge is 0.493 e. The number of benzene rings is 2. The minimum atomic E-state index is 0.0397. The lowest BCUT2D eigenvalue weighted by Crippen LogP contribution is -2.05. The lowest BCUT2D eigenvalue weighted by atomic mass is 10.0. The van der Waals surface area contributed by atoms with Crippen LogP contribution in [0, 0.1) is 0 Å². The Morgan fingerprint density at radius 3 is 2.40 bits per heavy atom. The molecule has 2 rings (SSSR count). The molecule has 0 spiro atoms. The highest BCUT2D eigenvalue weighted by Crippen LogP contribution is 2.28. The molecule has 2 aromatic rings. The predicted molar refractivity (Wildman–Crippen MR) is 81.7 cm³/mol. The number of rotatable bonds is 5. The van der Waals surface area contributed by atoms with Gasteiger partial charge in [0.15, 0.2) is 17.3 Å². The van der Waals surface area contributed by atoms with Gasteiger partial charge in [-0.2, -0.15) is 0 Å². The van der Waals surface area contributed by atoms with E-state index >= 15 is 0 Å². The van der Waals surface area contributed by atoms with Gasteiger partial charge in [-0.25, -0.2) is 0 Å². The first-order chi connectivity index (χ1) is 9.65. The van der Waals surface area contributed by atoms with Crippen LogP contribution in [0.2, 0.25) is 0 Å². The maximum atomic E-state index is 12.3. The Labute approximate surface area is 126 Å². The molecule has 20 heavy (non-hydrogen) atoms. The summed E-state index contributed by atoms with van der Waals surface area (Å²) in [7, 11) is 3.13. The summed E-state index contributed by atoms with van der Waals surface area (Å²) in [5.74, 6) is 1.22. The van der Waals surface area contributed by atoms with Crippen molar-refractivity contribution in [3.63, 3.8) is 0 Å². The van der Waals surface area contributed by atoms with E-state index in [0.29, 0.717) is 23.5 Å². The van der Waals surface area contributed by atoms with Crippen LogP contribution < -0.4 is 9.47 Å². The second kappa shape index (κ2) is 6.57. The van der Waals surface area contributed by atoms with E-state index in [0.717, 1.165) is 10.0 Å². The second-order valence-electron chi connectivity index (χ2n) is 4.26. The summed E-state index contributed by atoms with van der Waals surface area (Å²) in [5.41, 5.74) is 1.57. The van der Waals surface area contributed by atoms with Crippen molar-refractivity contribution in [1.29, 1.82) is 0 Å². The molecule has 0 N–H and O–H groups in total. The van der Waals surface area contributed by atoms with Crippen LogP contribution in [-0.2, 0) is 6.42 Å². The molecule has 0 unspecified atom stereocenters. The van der Waals surface area contributed by atoms with Crippen molar-refractivity contribution < 1.29 is 14.3 Å². The molecular weight excluding hydrogens is 320 g/mol. The second-order valence-corrected chi connectivity index (χ2v) is 5.12. The van der Waals surface area contributed by atoms with Crippen LogP contribution in [0.15, 0.2) is 46.9 Å². The van der Waals surface area contributed by atoms with Crippen molar-refractivity contribution in [3.05, 3.63) is 58.1 Å². The number of Topliss-reactive ketones (excluding diaryl/α,β-unsaturated/α-hetero) is 1. The quantitative estimate of drug-likeness (QED) is 0.778. The molecule has 0 aromatic heterocycles. The molecular formula is C16H15BrO3. The molecule has 0 fully saturated rings. The van der Waals surface area contributed by atoms with Crippen molar-refractivity contribution in [1.82, 2.24) is 0 Å². The van der Waals surface area contributed by atoms with E-state index in [2.05, 4.69) is 15.9 Å². The third-order valence-electron chi connectivity index (χ3n) is 3.01. The van der Waals surface area contributed by atoms with Crippen molar-refractivity contribution in [2.45, 2.75) is 6.42 Å². The van der Waals surface area contributed by atoms with Gasteiger partial charge in [0.1, 0.15) is 0 Å². The number of methoxy groups -OCH3 is 2. The van der Waals surface area contributed by atoms with Crippen LogP contribution in [0.25, 0.3) is 0 Å². The number of hydrogen-bond acceptors (Lipinski definition) is 3. The molecule has 0 atom stereocenters. The molecule has 0 bridgehead atoms. The van der Waals surface area contributed by atoms with Crippen LogP contribution >= 0.6 is 15.9 Å².